The second-order valence-electron chi connectivity index (χ2n) is 10.1. The third-order valence-electron chi connectivity index (χ3n) is 6.76. The van der Waals surface area contributed by atoms with Crippen LogP contribution in [0, 0.1) is 6.92 Å². The van der Waals surface area contributed by atoms with Crippen LogP contribution < -0.4 is 0 Å². The van der Waals surface area contributed by atoms with Gasteiger partial charge >= 0.3 is 23.9 Å². The fourth-order valence-corrected chi connectivity index (χ4v) is 6.07. The van der Waals surface area contributed by atoms with E-state index in [4.69, 9.17) is 23.7 Å². The molecule has 10 nitrogen and oxygen atoms in total. The molecule has 226 valence electrons. The molecule has 0 radical (unpaired) electrons. The number of hydrogen-bond acceptors (Lipinski definition) is 11. The van der Waals surface area contributed by atoms with E-state index in [0.717, 1.165) is 53.5 Å². The number of thiophene rings is 1. The topological polar surface area (TPSA) is 132 Å². The Labute approximate surface area is 252 Å². The molecular formula is C32H32O10S. The molecule has 0 aliphatic carbocycles. The molecule has 4 rings (SSSR count). The highest BCUT2D eigenvalue weighted by molar-refractivity contribution is 7.15. The Morgan fingerprint density at radius 2 is 1.42 bits per heavy atom. The predicted molar refractivity (Wildman–Crippen MR) is 155 cm³/mol. The van der Waals surface area contributed by atoms with Crippen LogP contribution in [-0.2, 0) is 49.3 Å². The third-order valence-corrected chi connectivity index (χ3v) is 7.88. The van der Waals surface area contributed by atoms with Crippen molar-refractivity contribution in [1.29, 1.82) is 0 Å². The van der Waals surface area contributed by atoms with Crippen molar-refractivity contribution in [2.75, 3.05) is 0 Å². The third kappa shape index (κ3) is 7.74. The molecule has 1 fully saturated rings. The van der Waals surface area contributed by atoms with Gasteiger partial charge in [0.15, 0.2) is 18.5 Å². The molecule has 1 aliphatic heterocycles. The summed E-state index contributed by atoms with van der Waals surface area (Å²) in [5.74, 6) is -2.87. The van der Waals surface area contributed by atoms with Gasteiger partial charge in [-0.05, 0) is 35.7 Å². The highest BCUT2D eigenvalue weighted by Gasteiger charge is 2.53. The lowest BCUT2D eigenvalue weighted by atomic mass is 9.90. The van der Waals surface area contributed by atoms with Crippen LogP contribution in [0.15, 0.2) is 54.6 Å². The smallest absolute Gasteiger partial charge is 0.305 e. The number of aldehydes is 1. The molecule has 0 bridgehead atoms. The summed E-state index contributed by atoms with van der Waals surface area (Å²) in [6.45, 7) is 6.62. The van der Waals surface area contributed by atoms with Crippen LogP contribution in [0.3, 0.4) is 0 Å². The number of benzene rings is 2. The van der Waals surface area contributed by atoms with Gasteiger partial charge in [0, 0.05) is 55.0 Å². The van der Waals surface area contributed by atoms with Gasteiger partial charge in [0.2, 0.25) is 12.4 Å². The highest BCUT2D eigenvalue weighted by Crippen LogP contribution is 2.39. The average molecular weight is 609 g/mol. The second kappa shape index (κ2) is 13.7. The van der Waals surface area contributed by atoms with Crippen LogP contribution >= 0.6 is 11.3 Å². The molecule has 2 aromatic carbocycles. The monoisotopic (exact) mass is 608 g/mol. The molecule has 0 amide bonds. The molecule has 5 atom stereocenters. The fraction of sp³-hybridized carbons (Fsp3) is 0.344. The summed E-state index contributed by atoms with van der Waals surface area (Å²) in [4.78, 5) is 61.8. The van der Waals surface area contributed by atoms with Crippen LogP contribution in [0.4, 0.5) is 0 Å². The number of ether oxygens (including phenoxy) is 5. The number of rotatable bonds is 9. The molecule has 11 heteroatoms. The summed E-state index contributed by atoms with van der Waals surface area (Å²) >= 11 is 1.57. The zero-order chi connectivity index (χ0) is 31.3. The minimum Gasteiger partial charge on any atom is -0.455 e. The summed E-state index contributed by atoms with van der Waals surface area (Å²) in [5, 5.41) is 0. The van der Waals surface area contributed by atoms with E-state index in [2.05, 4.69) is 0 Å². The summed E-state index contributed by atoms with van der Waals surface area (Å²) in [6.07, 6.45) is -5.08. The minimum absolute atomic E-state index is 0.551. The SMILES string of the molecule is CC(=O)O[C@H]1OC(c2ccc(C)c(Cc3ccc(-c4ccccc4C=O)s3)c2)[C@H](OC(C)=O)[C@@H](OC(C)=O)[C@@H]1OC(C)=O. The zero-order valence-electron chi connectivity index (χ0n) is 24.4. The molecule has 2 heterocycles. The zero-order valence-corrected chi connectivity index (χ0v) is 25.2. The Morgan fingerprint density at radius 3 is 2.07 bits per heavy atom. The number of hydrogen-bond donors (Lipinski definition) is 0. The van der Waals surface area contributed by atoms with E-state index in [0.29, 0.717) is 17.5 Å². The van der Waals surface area contributed by atoms with Crippen LogP contribution in [0.1, 0.15) is 65.7 Å². The number of esters is 4. The molecule has 0 saturated carbocycles. The molecular weight excluding hydrogens is 576 g/mol. The maximum Gasteiger partial charge on any atom is 0.305 e. The van der Waals surface area contributed by atoms with Gasteiger partial charge in [-0.15, -0.1) is 11.3 Å². The Kier molecular flexibility index (Phi) is 10.1. The first kappa shape index (κ1) is 31.6. The first-order chi connectivity index (χ1) is 20.5. The highest BCUT2D eigenvalue weighted by atomic mass is 32.1. The van der Waals surface area contributed by atoms with Crippen LogP contribution in [0.5, 0.6) is 0 Å². The van der Waals surface area contributed by atoms with Crippen molar-refractivity contribution in [3.8, 4) is 10.4 Å². The molecule has 1 saturated heterocycles. The lowest BCUT2D eigenvalue weighted by Crippen LogP contribution is -2.59. The summed E-state index contributed by atoms with van der Waals surface area (Å²) in [7, 11) is 0. The van der Waals surface area contributed by atoms with E-state index in [1.165, 1.54) is 6.92 Å². The van der Waals surface area contributed by atoms with E-state index in [1.54, 1.807) is 23.5 Å². The number of aryl methyl sites for hydroxylation is 1. The molecule has 43 heavy (non-hydrogen) atoms. The summed E-state index contributed by atoms with van der Waals surface area (Å²) in [5.41, 5.74) is 3.95. The lowest BCUT2D eigenvalue weighted by molar-refractivity contribution is -0.298. The Hall–Kier alpha value is -4.35. The first-order valence-corrected chi connectivity index (χ1v) is 14.4. The van der Waals surface area contributed by atoms with Gasteiger partial charge in [0.1, 0.15) is 6.10 Å². The normalized spacial score (nSPS) is 21.4. The largest absolute Gasteiger partial charge is 0.455 e. The van der Waals surface area contributed by atoms with Gasteiger partial charge in [0.25, 0.3) is 0 Å². The molecule has 3 aromatic rings. The van der Waals surface area contributed by atoms with Gasteiger partial charge in [-0.2, -0.15) is 0 Å². The van der Waals surface area contributed by atoms with Crippen molar-refractivity contribution in [3.63, 3.8) is 0 Å². The van der Waals surface area contributed by atoms with E-state index in [9.17, 15) is 24.0 Å². The van der Waals surface area contributed by atoms with Crippen LogP contribution in [0.25, 0.3) is 10.4 Å². The van der Waals surface area contributed by atoms with E-state index in [-0.39, 0.29) is 0 Å². The second-order valence-corrected chi connectivity index (χ2v) is 11.3. The maximum atomic E-state index is 12.2. The minimum atomic E-state index is -1.45. The van der Waals surface area contributed by atoms with Gasteiger partial charge in [-0.1, -0.05) is 42.5 Å². The number of carbonyl (C=O) groups is 5. The first-order valence-electron chi connectivity index (χ1n) is 13.5. The van der Waals surface area contributed by atoms with Crippen molar-refractivity contribution in [1.82, 2.24) is 0 Å². The van der Waals surface area contributed by atoms with Gasteiger partial charge in [0.05, 0.1) is 0 Å². The Morgan fingerprint density at radius 1 is 0.791 bits per heavy atom. The van der Waals surface area contributed by atoms with Crippen LogP contribution in [-0.4, -0.2) is 54.8 Å². The Bertz CT molecular complexity index is 1530. The van der Waals surface area contributed by atoms with Crippen LogP contribution in [0.2, 0.25) is 0 Å². The standard InChI is InChI=1S/C32H32O10S/c1-17-10-11-22(14-24(17)15-25-12-13-27(43-25)26-9-7-6-8-23(26)16-33)28-29(38-18(2)34)30(39-19(3)35)31(40-20(4)36)32(42-28)41-21(5)37/h6-14,16,28-32H,15H2,1-5H3/t28?,29-,30+,31-,32-/m0/s1. The predicted octanol–water partition coefficient (Wildman–Crippen LogP) is 4.88. The van der Waals surface area contributed by atoms with Crippen molar-refractivity contribution >= 4 is 41.5 Å². The van der Waals surface area contributed by atoms with Crippen molar-refractivity contribution in [2.45, 2.75) is 71.7 Å². The quantitative estimate of drug-likeness (QED) is 0.188. The van der Waals surface area contributed by atoms with Gasteiger partial charge in [-0.3, -0.25) is 24.0 Å². The molecule has 0 spiro atoms. The van der Waals surface area contributed by atoms with Crippen molar-refractivity contribution < 1.29 is 47.7 Å². The van der Waals surface area contributed by atoms with E-state index < -0.39 is 54.6 Å². The maximum absolute atomic E-state index is 12.2. The Balaban J connectivity index is 1.72. The summed E-state index contributed by atoms with van der Waals surface area (Å²) < 4.78 is 27.9. The van der Waals surface area contributed by atoms with E-state index >= 15 is 0 Å². The molecule has 1 aromatic heterocycles. The fourth-order valence-electron chi connectivity index (χ4n) is 4.99. The van der Waals surface area contributed by atoms with Crippen molar-refractivity contribution in [2.24, 2.45) is 0 Å². The van der Waals surface area contributed by atoms with E-state index in [1.807, 2.05) is 49.4 Å². The van der Waals surface area contributed by atoms with Crippen molar-refractivity contribution in [3.05, 3.63) is 81.7 Å². The molecule has 1 unspecified atom stereocenters. The van der Waals surface area contributed by atoms with Gasteiger partial charge in [-0.25, -0.2) is 0 Å². The summed E-state index contributed by atoms with van der Waals surface area (Å²) in [6, 6.07) is 16.9. The molecule has 0 N–H and O–H groups in total. The lowest BCUT2D eigenvalue weighted by Gasteiger charge is -2.44. The average Bonchev–Trinajstić information content (AvgIpc) is 3.40. The van der Waals surface area contributed by atoms with Gasteiger partial charge < -0.3 is 23.7 Å². The number of carbonyl (C=O) groups excluding carboxylic acids is 5. The molecule has 1 aliphatic rings.